The van der Waals surface area contributed by atoms with Crippen molar-refractivity contribution >= 4 is 17.7 Å². The zero-order valence-corrected chi connectivity index (χ0v) is 17.7. The molecule has 14 heteroatoms. The van der Waals surface area contributed by atoms with Crippen molar-refractivity contribution in [2.45, 2.75) is 37.3 Å². The first kappa shape index (κ1) is 23.2. The maximum absolute atomic E-state index is 12.1. The van der Waals surface area contributed by atoms with Crippen molar-refractivity contribution in [3.63, 3.8) is 0 Å². The maximum Gasteiger partial charge on any atom is 0.244 e. The van der Waals surface area contributed by atoms with Gasteiger partial charge < -0.3 is 51.0 Å². The lowest BCUT2D eigenvalue weighted by Gasteiger charge is -2.33. The second-order valence-electron chi connectivity index (χ2n) is 7.71. The van der Waals surface area contributed by atoms with Gasteiger partial charge in [-0.2, -0.15) is 0 Å². The molecule has 180 valence electrons. The van der Waals surface area contributed by atoms with Gasteiger partial charge >= 0.3 is 0 Å². The van der Waals surface area contributed by atoms with Gasteiger partial charge in [0.1, 0.15) is 24.3 Å². The normalized spacial score (nSPS) is 30.7. The standard InChI is InChI=1S/C19H28N8O6/c28-7-12-11(29)5-14(33-12)27-6-10(17(31)24-9-27)1-2-13(30)20-3-4-21-19-25-16-15(18(32)26-19)22-8-23-16/h1-2,6,8,11-12,14,17-18,24,28-29,31-32H,3-5,7,9H2,(H,20,30)(H,22,23)(H2,21,25,26)/b2-1+/t11?,12-,14-,17?,18?/m1/s1. The highest BCUT2D eigenvalue weighted by molar-refractivity contribution is 5.95. The summed E-state index contributed by atoms with van der Waals surface area (Å²) in [4.78, 5) is 25.0. The Hall–Kier alpha value is -3.01. The summed E-state index contributed by atoms with van der Waals surface area (Å²) in [5.41, 5.74) is 0.963. The summed E-state index contributed by atoms with van der Waals surface area (Å²) in [5.74, 6) is 0.460. The molecule has 3 aliphatic heterocycles. The van der Waals surface area contributed by atoms with Crippen molar-refractivity contribution in [3.8, 4) is 0 Å². The third kappa shape index (κ3) is 5.50. The SMILES string of the molecule is O=C(/C=C/C1=CN([C@H]2CC(O)[C@@H](CO)O2)CNC1O)NCCN=C1Nc2nc[nH]c2C(O)N1. The van der Waals surface area contributed by atoms with Gasteiger partial charge in [0.15, 0.2) is 18.0 Å². The summed E-state index contributed by atoms with van der Waals surface area (Å²) in [5, 5.41) is 50.5. The molecule has 3 unspecified atom stereocenters. The number of aromatic amines is 1. The highest BCUT2D eigenvalue weighted by atomic mass is 16.5. The number of H-pyrrole nitrogens is 1. The van der Waals surface area contributed by atoms with Gasteiger partial charge in [-0.3, -0.25) is 15.1 Å². The van der Waals surface area contributed by atoms with E-state index in [2.05, 4.69) is 36.2 Å². The molecule has 4 rings (SSSR count). The Balaban J connectivity index is 1.25. The number of aliphatic imine (C=N–C) groups is 1. The Morgan fingerprint density at radius 3 is 3.00 bits per heavy atom. The molecule has 14 nitrogen and oxygen atoms in total. The van der Waals surface area contributed by atoms with E-state index in [0.29, 0.717) is 29.5 Å². The van der Waals surface area contributed by atoms with Crippen LogP contribution in [0.2, 0.25) is 0 Å². The summed E-state index contributed by atoms with van der Waals surface area (Å²) in [6, 6.07) is 0. The van der Waals surface area contributed by atoms with Gasteiger partial charge in [-0.15, -0.1) is 0 Å². The minimum atomic E-state index is -0.960. The van der Waals surface area contributed by atoms with Crippen molar-refractivity contribution in [1.29, 1.82) is 0 Å². The Kier molecular flexibility index (Phi) is 7.22. The zero-order chi connectivity index (χ0) is 23.4. The van der Waals surface area contributed by atoms with Crippen LogP contribution in [0.25, 0.3) is 0 Å². The fourth-order valence-corrected chi connectivity index (χ4v) is 3.65. The minimum Gasteiger partial charge on any atom is -0.394 e. The van der Waals surface area contributed by atoms with Crippen molar-refractivity contribution in [2.75, 3.05) is 31.7 Å². The molecule has 1 fully saturated rings. The lowest BCUT2D eigenvalue weighted by atomic mass is 10.1. The van der Waals surface area contributed by atoms with E-state index < -0.39 is 30.9 Å². The molecule has 1 amide bonds. The molecular formula is C19H28N8O6. The lowest BCUT2D eigenvalue weighted by molar-refractivity contribution is -0.116. The van der Waals surface area contributed by atoms with Crippen LogP contribution in [0.5, 0.6) is 0 Å². The summed E-state index contributed by atoms with van der Waals surface area (Å²) >= 11 is 0. The molecule has 1 aromatic rings. The van der Waals surface area contributed by atoms with E-state index in [1.165, 1.54) is 18.5 Å². The Labute approximate surface area is 189 Å². The van der Waals surface area contributed by atoms with Gasteiger partial charge in [0, 0.05) is 30.8 Å². The molecule has 0 aliphatic carbocycles. The highest BCUT2D eigenvalue weighted by Gasteiger charge is 2.37. The molecule has 5 atom stereocenters. The average Bonchev–Trinajstić information content (AvgIpc) is 3.42. The fraction of sp³-hybridized carbons (Fsp3) is 0.526. The summed E-state index contributed by atoms with van der Waals surface area (Å²) in [6.45, 7) is 0.523. The summed E-state index contributed by atoms with van der Waals surface area (Å²) in [6.07, 6.45) is 2.45. The van der Waals surface area contributed by atoms with Crippen LogP contribution in [0.3, 0.4) is 0 Å². The second-order valence-corrected chi connectivity index (χ2v) is 7.71. The number of hydrogen-bond acceptors (Lipinski definition) is 10. The number of rotatable bonds is 7. The van der Waals surface area contributed by atoms with Gasteiger partial charge in [0.05, 0.1) is 32.3 Å². The van der Waals surface area contributed by atoms with Crippen LogP contribution in [0.1, 0.15) is 18.3 Å². The van der Waals surface area contributed by atoms with Gasteiger partial charge in [-0.05, 0) is 6.08 Å². The third-order valence-electron chi connectivity index (χ3n) is 5.41. The van der Waals surface area contributed by atoms with Crippen LogP contribution in [0.15, 0.2) is 35.2 Å². The molecule has 0 saturated carbocycles. The smallest absolute Gasteiger partial charge is 0.244 e. The topological polar surface area (TPSA) is 200 Å². The van der Waals surface area contributed by atoms with Crippen LogP contribution in [0.4, 0.5) is 5.82 Å². The van der Waals surface area contributed by atoms with Crippen LogP contribution in [-0.4, -0.2) is 98.2 Å². The first-order chi connectivity index (χ1) is 15.9. The van der Waals surface area contributed by atoms with Gasteiger partial charge in [-0.25, -0.2) is 4.98 Å². The van der Waals surface area contributed by atoms with Crippen LogP contribution >= 0.6 is 0 Å². The average molecular weight is 464 g/mol. The highest BCUT2D eigenvalue weighted by Crippen LogP contribution is 2.25. The van der Waals surface area contributed by atoms with Crippen molar-refractivity contribution < 1.29 is 30.0 Å². The number of aromatic nitrogens is 2. The van der Waals surface area contributed by atoms with E-state index in [1.807, 2.05) is 0 Å². The lowest BCUT2D eigenvalue weighted by Crippen LogP contribution is -2.47. The van der Waals surface area contributed by atoms with E-state index >= 15 is 0 Å². The number of nitrogens with one attached hydrogen (secondary N) is 5. The summed E-state index contributed by atoms with van der Waals surface area (Å²) in [7, 11) is 0. The van der Waals surface area contributed by atoms with E-state index in [0.717, 1.165) is 0 Å². The van der Waals surface area contributed by atoms with Gasteiger partial charge in [0.25, 0.3) is 0 Å². The van der Waals surface area contributed by atoms with Crippen LogP contribution in [-0.2, 0) is 9.53 Å². The number of anilines is 1. The number of aliphatic hydroxyl groups is 4. The first-order valence-corrected chi connectivity index (χ1v) is 10.5. The molecule has 0 radical (unpaired) electrons. The van der Waals surface area contributed by atoms with Crippen molar-refractivity contribution in [2.24, 2.45) is 4.99 Å². The predicted molar refractivity (Wildman–Crippen MR) is 115 cm³/mol. The van der Waals surface area contributed by atoms with Crippen LogP contribution in [0, 0.1) is 0 Å². The zero-order valence-electron chi connectivity index (χ0n) is 17.7. The molecule has 4 heterocycles. The molecule has 1 saturated heterocycles. The second kappa shape index (κ2) is 10.3. The molecule has 9 N–H and O–H groups in total. The molecule has 33 heavy (non-hydrogen) atoms. The number of nitrogens with zero attached hydrogens (tertiary/aromatic N) is 3. The number of ether oxygens (including phenoxy) is 1. The van der Waals surface area contributed by atoms with Crippen LogP contribution < -0.4 is 21.3 Å². The Bertz CT molecular complexity index is 933. The van der Waals surface area contributed by atoms with E-state index in [1.54, 1.807) is 11.1 Å². The van der Waals surface area contributed by atoms with E-state index in [4.69, 9.17) is 4.74 Å². The van der Waals surface area contributed by atoms with Crippen molar-refractivity contribution in [3.05, 3.63) is 35.9 Å². The molecule has 1 aromatic heterocycles. The Morgan fingerprint density at radius 2 is 2.21 bits per heavy atom. The quantitative estimate of drug-likeness (QED) is 0.147. The maximum atomic E-state index is 12.1. The number of carbonyl (C=O) groups excluding carboxylic acids is 1. The number of aliphatic hydroxyl groups excluding tert-OH is 4. The molecule has 3 aliphatic rings. The van der Waals surface area contributed by atoms with Gasteiger partial charge in [0.2, 0.25) is 5.91 Å². The molecule has 0 spiro atoms. The number of carbonyl (C=O) groups is 1. The van der Waals surface area contributed by atoms with E-state index in [9.17, 15) is 25.2 Å². The fourth-order valence-electron chi connectivity index (χ4n) is 3.65. The molecule has 0 bridgehead atoms. The van der Waals surface area contributed by atoms with E-state index in [-0.39, 0.29) is 32.3 Å². The van der Waals surface area contributed by atoms with Crippen molar-refractivity contribution in [1.82, 2.24) is 30.8 Å². The number of amides is 1. The molecular weight excluding hydrogens is 436 g/mol. The Morgan fingerprint density at radius 1 is 1.36 bits per heavy atom. The minimum absolute atomic E-state index is 0.252. The number of guanidine groups is 1. The number of hydrogen-bond donors (Lipinski definition) is 9. The first-order valence-electron chi connectivity index (χ1n) is 10.5. The number of fused-ring (bicyclic) bond motifs is 1. The molecule has 0 aromatic carbocycles. The monoisotopic (exact) mass is 464 g/mol. The summed E-state index contributed by atoms with van der Waals surface area (Å²) < 4.78 is 5.62. The largest absolute Gasteiger partial charge is 0.394 e. The number of imidazole rings is 1. The third-order valence-corrected chi connectivity index (χ3v) is 5.41. The predicted octanol–water partition coefficient (Wildman–Crippen LogP) is -3.02. The van der Waals surface area contributed by atoms with Gasteiger partial charge in [-0.1, -0.05) is 0 Å².